The maximum atomic E-state index is 12.4. The maximum absolute atomic E-state index is 12.4. The fourth-order valence-corrected chi connectivity index (χ4v) is 3.46. The second-order valence-corrected chi connectivity index (χ2v) is 6.38. The van der Waals surface area contributed by atoms with Crippen molar-refractivity contribution in [2.45, 2.75) is 18.6 Å². The molecule has 18 heavy (non-hydrogen) atoms. The van der Waals surface area contributed by atoms with Gasteiger partial charge in [0.1, 0.15) is 11.5 Å². The largest absolute Gasteiger partial charge is 0.433 e. The highest BCUT2D eigenvalue weighted by Gasteiger charge is 2.33. The normalized spacial score (nSPS) is 22.9. The first-order valence-corrected chi connectivity index (χ1v) is 7.10. The summed E-state index contributed by atoms with van der Waals surface area (Å²) < 4.78 is 59.7. The van der Waals surface area contributed by atoms with Crippen LogP contribution in [0.15, 0.2) is 18.2 Å². The highest BCUT2D eigenvalue weighted by molar-refractivity contribution is 7.91. The predicted molar refractivity (Wildman–Crippen MR) is 59.9 cm³/mol. The number of aromatic nitrogens is 1. The Balaban J connectivity index is 2.11. The number of anilines is 1. The van der Waals surface area contributed by atoms with Crippen LogP contribution in [0, 0.1) is 0 Å². The minimum Gasteiger partial charge on any atom is -0.366 e. The predicted octanol–water partition coefficient (Wildman–Crippen LogP) is 1.70. The molecule has 1 unspecified atom stereocenters. The van der Waals surface area contributed by atoms with Crippen molar-refractivity contribution in [3.63, 3.8) is 0 Å². The molecular formula is C10H11F3N2O2S. The van der Waals surface area contributed by atoms with Crippen molar-refractivity contribution < 1.29 is 21.6 Å². The van der Waals surface area contributed by atoms with Crippen LogP contribution in [0.5, 0.6) is 0 Å². The third-order valence-corrected chi connectivity index (χ3v) is 4.39. The van der Waals surface area contributed by atoms with Crippen LogP contribution in [0.3, 0.4) is 0 Å². The lowest BCUT2D eigenvalue weighted by atomic mass is 10.2. The van der Waals surface area contributed by atoms with Crippen molar-refractivity contribution in [2.24, 2.45) is 0 Å². The summed E-state index contributed by atoms with van der Waals surface area (Å²) in [7, 11) is -3.07. The number of nitrogens with zero attached hydrogens (tertiary/aromatic N) is 1. The Hall–Kier alpha value is -1.31. The molecule has 1 saturated heterocycles. The fourth-order valence-electron chi connectivity index (χ4n) is 1.79. The number of alkyl halides is 3. The van der Waals surface area contributed by atoms with E-state index in [1.54, 1.807) is 0 Å². The van der Waals surface area contributed by atoms with Crippen molar-refractivity contribution >= 4 is 15.7 Å². The van der Waals surface area contributed by atoms with Crippen molar-refractivity contribution in [1.82, 2.24) is 4.98 Å². The standard InChI is InChI=1S/C10H11F3N2O2S/c11-10(12,13)8-2-1-3-9(15-8)14-7-4-5-18(16,17)6-7/h1-3,7H,4-6H2,(H,14,15). The summed E-state index contributed by atoms with van der Waals surface area (Å²) >= 11 is 0. The summed E-state index contributed by atoms with van der Waals surface area (Å²) in [5.74, 6) is 0.0427. The highest BCUT2D eigenvalue weighted by Crippen LogP contribution is 2.28. The van der Waals surface area contributed by atoms with Gasteiger partial charge in [-0.3, -0.25) is 0 Å². The maximum Gasteiger partial charge on any atom is 0.433 e. The van der Waals surface area contributed by atoms with Gasteiger partial charge in [0.15, 0.2) is 9.84 Å². The van der Waals surface area contributed by atoms with Gasteiger partial charge < -0.3 is 5.32 Å². The van der Waals surface area contributed by atoms with E-state index in [1.807, 2.05) is 0 Å². The SMILES string of the molecule is O=S1(=O)CCC(Nc2cccc(C(F)(F)F)n2)C1. The van der Waals surface area contributed by atoms with Gasteiger partial charge in [0.2, 0.25) is 0 Å². The first-order chi connectivity index (χ1) is 8.26. The zero-order valence-corrected chi connectivity index (χ0v) is 10.1. The minimum absolute atomic E-state index is 0.0481. The number of pyridine rings is 1. The highest BCUT2D eigenvalue weighted by atomic mass is 32.2. The zero-order chi connectivity index (χ0) is 13.4. The quantitative estimate of drug-likeness (QED) is 0.895. The number of nitrogens with one attached hydrogen (secondary N) is 1. The van der Waals surface area contributed by atoms with Crippen LogP contribution in [0.4, 0.5) is 19.0 Å². The van der Waals surface area contributed by atoms with Crippen LogP contribution in [0.2, 0.25) is 0 Å². The molecule has 0 aromatic carbocycles. The summed E-state index contributed by atoms with van der Waals surface area (Å²) in [6, 6.07) is 3.13. The Morgan fingerprint density at radius 3 is 2.61 bits per heavy atom. The van der Waals surface area contributed by atoms with E-state index in [0.717, 1.165) is 6.07 Å². The van der Waals surface area contributed by atoms with Gasteiger partial charge in [-0.15, -0.1) is 0 Å². The van der Waals surface area contributed by atoms with E-state index in [4.69, 9.17) is 0 Å². The van der Waals surface area contributed by atoms with Gasteiger partial charge in [0, 0.05) is 6.04 Å². The average Bonchev–Trinajstić information content (AvgIpc) is 2.57. The molecule has 0 saturated carbocycles. The van der Waals surface area contributed by atoms with Crippen molar-refractivity contribution in [1.29, 1.82) is 0 Å². The number of rotatable bonds is 2. The van der Waals surface area contributed by atoms with E-state index in [2.05, 4.69) is 10.3 Å². The molecule has 0 aliphatic carbocycles. The Labute approximate surface area is 102 Å². The first-order valence-electron chi connectivity index (χ1n) is 5.27. The average molecular weight is 280 g/mol. The van der Waals surface area contributed by atoms with E-state index < -0.39 is 21.7 Å². The van der Waals surface area contributed by atoms with Crippen LogP contribution in [0.1, 0.15) is 12.1 Å². The van der Waals surface area contributed by atoms with Crippen molar-refractivity contribution in [3.8, 4) is 0 Å². The molecule has 2 heterocycles. The molecule has 1 aromatic heterocycles. The molecule has 1 fully saturated rings. The molecule has 1 aliphatic heterocycles. The van der Waals surface area contributed by atoms with Gasteiger partial charge in [-0.1, -0.05) is 6.07 Å². The monoisotopic (exact) mass is 280 g/mol. The number of sulfone groups is 1. The summed E-state index contributed by atoms with van der Waals surface area (Å²) in [4.78, 5) is 3.42. The number of hydrogen-bond acceptors (Lipinski definition) is 4. The lowest BCUT2D eigenvalue weighted by Crippen LogP contribution is -2.22. The summed E-state index contributed by atoms with van der Waals surface area (Å²) in [5, 5.41) is 2.72. The van der Waals surface area contributed by atoms with Gasteiger partial charge in [-0.05, 0) is 18.6 Å². The third kappa shape index (κ3) is 3.12. The molecule has 1 aromatic rings. The van der Waals surface area contributed by atoms with Crippen LogP contribution in [-0.4, -0.2) is 30.9 Å². The zero-order valence-electron chi connectivity index (χ0n) is 9.24. The van der Waals surface area contributed by atoms with Crippen LogP contribution in [-0.2, 0) is 16.0 Å². The van der Waals surface area contributed by atoms with Crippen LogP contribution in [0.25, 0.3) is 0 Å². The molecule has 0 radical (unpaired) electrons. The van der Waals surface area contributed by atoms with E-state index in [9.17, 15) is 21.6 Å². The van der Waals surface area contributed by atoms with E-state index in [1.165, 1.54) is 12.1 Å². The fraction of sp³-hybridized carbons (Fsp3) is 0.500. The lowest BCUT2D eigenvalue weighted by molar-refractivity contribution is -0.141. The molecular weight excluding hydrogens is 269 g/mol. The van der Waals surface area contributed by atoms with Crippen LogP contribution < -0.4 is 5.32 Å². The molecule has 1 N–H and O–H groups in total. The first kappa shape index (κ1) is 13.1. The lowest BCUT2D eigenvalue weighted by Gasteiger charge is -2.13. The molecule has 0 spiro atoms. The van der Waals surface area contributed by atoms with Gasteiger partial charge in [0.25, 0.3) is 0 Å². The minimum atomic E-state index is -4.50. The molecule has 1 atom stereocenters. The smallest absolute Gasteiger partial charge is 0.366 e. The third-order valence-electron chi connectivity index (χ3n) is 2.62. The summed E-state index contributed by atoms with van der Waals surface area (Å²) in [6.07, 6.45) is -4.11. The van der Waals surface area contributed by atoms with E-state index >= 15 is 0 Å². The van der Waals surface area contributed by atoms with E-state index in [0.29, 0.717) is 6.42 Å². The van der Waals surface area contributed by atoms with E-state index in [-0.39, 0.29) is 23.4 Å². The van der Waals surface area contributed by atoms with Crippen molar-refractivity contribution in [2.75, 3.05) is 16.8 Å². The van der Waals surface area contributed by atoms with Gasteiger partial charge in [-0.2, -0.15) is 13.2 Å². The molecule has 0 bridgehead atoms. The Morgan fingerprint density at radius 1 is 1.33 bits per heavy atom. The van der Waals surface area contributed by atoms with Gasteiger partial charge in [-0.25, -0.2) is 13.4 Å². The van der Waals surface area contributed by atoms with Gasteiger partial charge >= 0.3 is 6.18 Å². The van der Waals surface area contributed by atoms with Crippen LogP contribution >= 0.6 is 0 Å². The number of hydrogen-bond donors (Lipinski definition) is 1. The molecule has 100 valence electrons. The van der Waals surface area contributed by atoms with Gasteiger partial charge in [0.05, 0.1) is 11.5 Å². The summed E-state index contributed by atoms with van der Waals surface area (Å²) in [5.41, 5.74) is -0.992. The summed E-state index contributed by atoms with van der Waals surface area (Å²) in [6.45, 7) is 0. The molecule has 2 rings (SSSR count). The Bertz CT molecular complexity index is 542. The Morgan fingerprint density at radius 2 is 2.06 bits per heavy atom. The second-order valence-electron chi connectivity index (χ2n) is 4.15. The number of halogens is 3. The molecule has 0 amide bonds. The second kappa shape index (κ2) is 4.42. The topological polar surface area (TPSA) is 59.1 Å². The molecule has 4 nitrogen and oxygen atoms in total. The Kier molecular flexibility index (Phi) is 3.22. The molecule has 8 heteroatoms. The van der Waals surface area contributed by atoms with Crippen molar-refractivity contribution in [3.05, 3.63) is 23.9 Å². The molecule has 1 aliphatic rings.